The Balaban J connectivity index is 2.32. The minimum atomic E-state index is -2.93. The van der Waals surface area contributed by atoms with Crippen LogP contribution in [0, 0.1) is 0 Å². The van der Waals surface area contributed by atoms with Crippen LogP contribution < -0.4 is 0 Å². The molecule has 0 radical (unpaired) electrons. The van der Waals surface area contributed by atoms with Gasteiger partial charge in [-0.2, -0.15) is 8.39 Å². The highest BCUT2D eigenvalue weighted by atomic mass is 32.7. The van der Waals surface area contributed by atoms with Crippen LogP contribution in [0.25, 0.3) is 0 Å². The maximum Gasteiger partial charge on any atom is 0.324 e. The van der Waals surface area contributed by atoms with Crippen molar-refractivity contribution in [1.82, 2.24) is 0 Å². The summed E-state index contributed by atoms with van der Waals surface area (Å²) < 4.78 is 20.5. The predicted molar refractivity (Wildman–Crippen MR) is 18.1 cm³/mol. The molecule has 0 aromatic carbocycles. The van der Waals surface area contributed by atoms with Gasteiger partial charge in [0.1, 0.15) is 0 Å². The van der Waals surface area contributed by atoms with Crippen LogP contribution in [0.2, 0.25) is 0 Å². The zero-order chi connectivity index (χ0) is 3.58. The van der Waals surface area contributed by atoms with Crippen LogP contribution in [0.5, 0.6) is 0 Å². The molecule has 0 N–H and O–H groups in total. The Morgan fingerprint density at radius 1 is 1.50 bits per heavy atom. The quantitative estimate of drug-likeness (QED) is 0.351. The minimum absolute atomic E-state index is 2.70. The van der Waals surface area contributed by atoms with Crippen molar-refractivity contribution < 1.29 is 8.39 Å². The van der Waals surface area contributed by atoms with E-state index in [9.17, 15) is 8.39 Å². The van der Waals surface area contributed by atoms with E-state index in [0.717, 1.165) is 0 Å². The molecule has 0 amide bonds. The third kappa shape index (κ3) is 17.3. The molecule has 0 rings (SSSR count). The summed E-state index contributed by atoms with van der Waals surface area (Å²) in [6.45, 7) is 0. The Kier molecular flexibility index (Phi) is 2.22. The molecule has 0 atom stereocenters. The molecular formula is HF2PS. The van der Waals surface area contributed by atoms with Gasteiger partial charge in [-0.3, -0.25) is 0 Å². The van der Waals surface area contributed by atoms with Crippen molar-refractivity contribution in [3.8, 4) is 0 Å². The van der Waals surface area contributed by atoms with Gasteiger partial charge in [-0.05, 0) is 0 Å². The van der Waals surface area contributed by atoms with E-state index in [-0.39, 0.29) is 0 Å². The van der Waals surface area contributed by atoms with Gasteiger partial charge in [-0.25, -0.2) is 0 Å². The standard InChI is InChI=1S/F2HPS/c1-3(2)4/h4H. The first-order chi connectivity index (χ1) is 1.73. The molecule has 26 valence electrons. The maximum absolute atomic E-state index is 10.3. The SMILES string of the molecule is FP(F)S. The lowest BCUT2D eigenvalue weighted by atomic mass is 18.8. The van der Waals surface area contributed by atoms with E-state index in [4.69, 9.17) is 0 Å². The van der Waals surface area contributed by atoms with Gasteiger partial charge in [0.2, 0.25) is 0 Å². The highest BCUT2D eigenvalue weighted by molar-refractivity contribution is 8.41. The number of hydrogen-bond acceptors (Lipinski definition) is 1. The molecular weight excluding hydrogens is 101 g/mol. The van der Waals surface area contributed by atoms with Crippen molar-refractivity contribution in [1.29, 1.82) is 0 Å². The normalized spacial score (nSPS) is 9.00. The number of rotatable bonds is 0. The molecule has 0 saturated carbocycles. The molecule has 0 aliphatic heterocycles. The summed E-state index contributed by atoms with van der Waals surface area (Å²) in [6.07, 6.45) is 0. The van der Waals surface area contributed by atoms with Crippen molar-refractivity contribution in [3.05, 3.63) is 0 Å². The lowest BCUT2D eigenvalue weighted by Crippen LogP contribution is -1.07. The number of hydrogen-bond donors (Lipinski definition) is 1. The van der Waals surface area contributed by atoms with Gasteiger partial charge < -0.3 is 0 Å². The Morgan fingerprint density at radius 2 is 1.50 bits per heavy atom. The second-order valence-electron chi connectivity index (χ2n) is 0.215. The minimum Gasteiger partial charge on any atom is -0.176 e. The highest BCUT2D eigenvalue weighted by Crippen LogP contribution is 2.42. The van der Waals surface area contributed by atoms with Crippen LogP contribution >= 0.6 is 20.0 Å². The molecule has 0 spiro atoms. The summed E-state index contributed by atoms with van der Waals surface area (Å²) in [5.41, 5.74) is 0. The summed E-state index contributed by atoms with van der Waals surface area (Å²) in [5.74, 6) is 0. The Bertz CT molecular complexity index is 10.8. The average Bonchev–Trinajstić information content (AvgIpc) is 0.811. The van der Waals surface area contributed by atoms with Crippen LogP contribution in [0.4, 0.5) is 8.39 Å². The first-order valence-corrected chi connectivity index (χ1v) is 2.81. The third-order valence-corrected chi connectivity index (χ3v) is 0. The molecule has 0 bridgehead atoms. The summed E-state index contributed by atoms with van der Waals surface area (Å²) >= 11 is 2.70. The van der Waals surface area contributed by atoms with Crippen LogP contribution in [0.15, 0.2) is 0 Å². The van der Waals surface area contributed by atoms with Gasteiger partial charge in [-0.1, -0.05) is 12.2 Å². The molecule has 4 heteroatoms. The first kappa shape index (κ1) is 4.64. The van der Waals surface area contributed by atoms with E-state index in [1.165, 1.54) is 0 Å². The fourth-order valence-electron chi connectivity index (χ4n) is 0. The zero-order valence-corrected chi connectivity index (χ0v) is 3.44. The molecule has 0 fully saturated rings. The number of thiol groups is 1. The molecule has 0 aromatic heterocycles. The van der Waals surface area contributed by atoms with Gasteiger partial charge >= 0.3 is 7.74 Å². The first-order valence-electron chi connectivity index (χ1n) is 0.538. The molecule has 0 heterocycles. The second-order valence-corrected chi connectivity index (χ2v) is 1.55. The van der Waals surface area contributed by atoms with Gasteiger partial charge in [-0.15, -0.1) is 0 Å². The average molecular weight is 102 g/mol. The van der Waals surface area contributed by atoms with Gasteiger partial charge in [0, 0.05) is 0 Å². The van der Waals surface area contributed by atoms with Gasteiger partial charge in [0.15, 0.2) is 0 Å². The predicted octanol–water partition coefficient (Wildman–Crippen LogP) is 2.08. The fraction of sp³-hybridized carbons (Fsp3) is 0. The summed E-state index contributed by atoms with van der Waals surface area (Å²) in [5, 5.41) is 0. The summed E-state index contributed by atoms with van der Waals surface area (Å²) in [4.78, 5) is 0. The van der Waals surface area contributed by atoms with Crippen molar-refractivity contribution in [2.45, 2.75) is 0 Å². The Labute approximate surface area is 29.4 Å². The highest BCUT2D eigenvalue weighted by Gasteiger charge is 1.84. The van der Waals surface area contributed by atoms with Crippen LogP contribution in [-0.4, -0.2) is 0 Å². The molecule has 0 aliphatic rings. The third-order valence-electron chi connectivity index (χ3n) is 0. The number of halogens is 2. The zero-order valence-electron chi connectivity index (χ0n) is 1.65. The van der Waals surface area contributed by atoms with Crippen LogP contribution in [0.3, 0.4) is 0 Å². The lowest BCUT2D eigenvalue weighted by molar-refractivity contribution is 0.776. The Morgan fingerprint density at radius 3 is 1.50 bits per heavy atom. The van der Waals surface area contributed by atoms with Gasteiger partial charge in [0.25, 0.3) is 0 Å². The largest absolute Gasteiger partial charge is 0.324 e. The fourth-order valence-corrected chi connectivity index (χ4v) is 0. The molecule has 0 nitrogen and oxygen atoms in total. The van der Waals surface area contributed by atoms with Crippen molar-refractivity contribution in [2.75, 3.05) is 0 Å². The lowest BCUT2D eigenvalue weighted by Gasteiger charge is -1.66. The van der Waals surface area contributed by atoms with Crippen molar-refractivity contribution >= 4 is 20.0 Å². The topological polar surface area (TPSA) is 0 Å². The molecule has 4 heavy (non-hydrogen) atoms. The molecule has 0 aromatic rings. The maximum atomic E-state index is 10.3. The molecule has 0 saturated heterocycles. The van der Waals surface area contributed by atoms with E-state index < -0.39 is 7.74 Å². The monoisotopic (exact) mass is 102 g/mol. The van der Waals surface area contributed by atoms with Crippen LogP contribution in [0.1, 0.15) is 0 Å². The van der Waals surface area contributed by atoms with Crippen molar-refractivity contribution in [3.63, 3.8) is 0 Å². The van der Waals surface area contributed by atoms with E-state index in [1.807, 2.05) is 0 Å². The smallest absolute Gasteiger partial charge is 0.176 e. The van der Waals surface area contributed by atoms with Gasteiger partial charge in [0.05, 0.1) is 0 Å². The Hall–Kier alpha value is 0.640. The summed E-state index contributed by atoms with van der Waals surface area (Å²) in [7, 11) is -2.93. The van der Waals surface area contributed by atoms with E-state index in [2.05, 4.69) is 12.2 Å². The van der Waals surface area contributed by atoms with E-state index in [0.29, 0.717) is 0 Å². The van der Waals surface area contributed by atoms with Crippen LogP contribution in [-0.2, 0) is 0 Å². The molecule has 0 unspecified atom stereocenters. The van der Waals surface area contributed by atoms with Crippen molar-refractivity contribution in [2.24, 2.45) is 0 Å². The molecule has 0 aliphatic carbocycles. The van der Waals surface area contributed by atoms with E-state index in [1.54, 1.807) is 0 Å². The van der Waals surface area contributed by atoms with E-state index >= 15 is 0 Å². The summed E-state index contributed by atoms with van der Waals surface area (Å²) in [6, 6.07) is 0. The second kappa shape index (κ2) is 1.91.